The molecule has 1 unspecified atom stereocenters. The van der Waals surface area contributed by atoms with Crippen LogP contribution in [0.25, 0.3) is 0 Å². The van der Waals surface area contributed by atoms with Crippen molar-refractivity contribution in [3.8, 4) is 0 Å². The maximum absolute atomic E-state index is 11.1. The summed E-state index contributed by atoms with van der Waals surface area (Å²) >= 11 is 5.69. The van der Waals surface area contributed by atoms with E-state index in [1.807, 2.05) is 0 Å². The predicted octanol–water partition coefficient (Wildman–Crippen LogP) is 2.10. The minimum Gasteiger partial charge on any atom is -0.466 e. The molecule has 0 saturated carbocycles. The second-order valence-corrected chi connectivity index (χ2v) is 3.41. The summed E-state index contributed by atoms with van der Waals surface area (Å²) in [5.41, 5.74) is 0.551. The number of carbonyl (C=O) groups is 1. The van der Waals surface area contributed by atoms with Gasteiger partial charge in [-0.05, 0) is 17.7 Å². The molecule has 0 amide bonds. The highest BCUT2D eigenvalue weighted by atomic mass is 35.5. The zero-order chi connectivity index (χ0) is 11.4. The molecule has 0 aromatic heterocycles. The normalized spacial score (nSPS) is 11.9. The molecular weight excluding hydrogens is 216 g/mol. The molecule has 0 spiro atoms. The smallest absolute Gasteiger partial charge is 0.336 e. The first-order valence-electron chi connectivity index (χ1n) is 4.27. The Hall–Kier alpha value is -1.32. The summed E-state index contributed by atoms with van der Waals surface area (Å²) in [6, 6.07) is 6.51. The minimum absolute atomic E-state index is 0.000164. The van der Waals surface area contributed by atoms with Gasteiger partial charge in [0, 0.05) is 5.02 Å². The quantitative estimate of drug-likeness (QED) is 0.634. The summed E-state index contributed by atoms with van der Waals surface area (Å²) in [6.07, 6.45) is -1.06. The Labute approximate surface area is 92.9 Å². The highest BCUT2D eigenvalue weighted by Gasteiger charge is 2.18. The first kappa shape index (κ1) is 11.8. The first-order chi connectivity index (χ1) is 7.06. The van der Waals surface area contributed by atoms with E-state index in [1.165, 1.54) is 7.11 Å². The van der Waals surface area contributed by atoms with Crippen LogP contribution in [0, 0.1) is 0 Å². The third kappa shape index (κ3) is 2.81. The van der Waals surface area contributed by atoms with Crippen LogP contribution in [0.5, 0.6) is 0 Å². The summed E-state index contributed by atoms with van der Waals surface area (Å²) in [6.45, 7) is 3.47. The number of rotatable bonds is 3. The van der Waals surface area contributed by atoms with E-state index in [2.05, 4.69) is 11.3 Å². The van der Waals surface area contributed by atoms with Gasteiger partial charge in [-0.15, -0.1) is 0 Å². The molecule has 0 heterocycles. The van der Waals surface area contributed by atoms with Crippen molar-refractivity contribution >= 4 is 17.6 Å². The summed E-state index contributed by atoms with van der Waals surface area (Å²) in [5.74, 6) is -0.627. The van der Waals surface area contributed by atoms with Crippen LogP contribution in [0.4, 0.5) is 0 Å². The Morgan fingerprint density at radius 1 is 1.47 bits per heavy atom. The Balaban J connectivity index is 2.85. The minimum atomic E-state index is -1.06. The van der Waals surface area contributed by atoms with Crippen LogP contribution in [-0.2, 0) is 9.53 Å². The van der Waals surface area contributed by atoms with Gasteiger partial charge in [0.15, 0.2) is 0 Å². The standard InChI is InChI=1S/C11H11ClO3/c1-7(11(14)15-2)10(13)8-3-5-9(12)6-4-8/h3-6,10,13H,1H2,2H3. The molecular formula is C11H11ClO3. The van der Waals surface area contributed by atoms with E-state index >= 15 is 0 Å². The highest BCUT2D eigenvalue weighted by Crippen LogP contribution is 2.22. The largest absolute Gasteiger partial charge is 0.466 e. The number of halogens is 1. The lowest BCUT2D eigenvalue weighted by Gasteiger charge is -2.11. The highest BCUT2D eigenvalue weighted by molar-refractivity contribution is 6.30. The number of hydrogen-bond donors (Lipinski definition) is 1. The molecule has 15 heavy (non-hydrogen) atoms. The van der Waals surface area contributed by atoms with Gasteiger partial charge in [0.25, 0.3) is 0 Å². The number of aliphatic hydroxyl groups is 1. The molecule has 0 fully saturated rings. The molecule has 0 radical (unpaired) electrons. The van der Waals surface area contributed by atoms with Gasteiger partial charge in [-0.3, -0.25) is 0 Å². The molecule has 0 saturated heterocycles. The third-order valence-corrected chi connectivity index (χ3v) is 2.22. The van der Waals surface area contributed by atoms with Crippen molar-refractivity contribution in [1.29, 1.82) is 0 Å². The number of esters is 1. The van der Waals surface area contributed by atoms with E-state index < -0.39 is 12.1 Å². The van der Waals surface area contributed by atoms with Gasteiger partial charge in [0.2, 0.25) is 0 Å². The third-order valence-electron chi connectivity index (χ3n) is 1.96. The fourth-order valence-corrected chi connectivity index (χ4v) is 1.21. The zero-order valence-electron chi connectivity index (χ0n) is 8.24. The molecule has 1 N–H and O–H groups in total. The number of hydrogen-bond acceptors (Lipinski definition) is 3. The summed E-state index contributed by atoms with van der Waals surface area (Å²) in [7, 11) is 1.24. The predicted molar refractivity (Wildman–Crippen MR) is 57.6 cm³/mol. The van der Waals surface area contributed by atoms with Gasteiger partial charge in [-0.1, -0.05) is 30.3 Å². The number of carbonyl (C=O) groups excluding carboxylic acids is 1. The summed E-state index contributed by atoms with van der Waals surface area (Å²) < 4.78 is 4.45. The SMILES string of the molecule is C=C(C(=O)OC)C(O)c1ccc(Cl)cc1. The average Bonchev–Trinajstić information content (AvgIpc) is 2.27. The number of methoxy groups -OCH3 is 1. The maximum Gasteiger partial charge on any atom is 0.336 e. The molecule has 1 aromatic rings. The first-order valence-corrected chi connectivity index (χ1v) is 4.64. The van der Waals surface area contributed by atoms with Crippen molar-refractivity contribution in [3.05, 3.63) is 47.0 Å². The van der Waals surface area contributed by atoms with Crippen molar-refractivity contribution in [2.45, 2.75) is 6.10 Å². The molecule has 1 rings (SSSR count). The van der Waals surface area contributed by atoms with Gasteiger partial charge in [-0.2, -0.15) is 0 Å². The van der Waals surface area contributed by atoms with E-state index in [9.17, 15) is 9.90 Å². The van der Waals surface area contributed by atoms with E-state index in [0.29, 0.717) is 10.6 Å². The van der Waals surface area contributed by atoms with Crippen molar-refractivity contribution in [2.24, 2.45) is 0 Å². The van der Waals surface area contributed by atoms with E-state index in [4.69, 9.17) is 11.6 Å². The Morgan fingerprint density at radius 2 is 2.00 bits per heavy atom. The Morgan fingerprint density at radius 3 is 2.47 bits per heavy atom. The number of ether oxygens (including phenoxy) is 1. The van der Waals surface area contributed by atoms with Crippen molar-refractivity contribution in [3.63, 3.8) is 0 Å². The topological polar surface area (TPSA) is 46.5 Å². The number of aliphatic hydroxyl groups excluding tert-OH is 1. The molecule has 80 valence electrons. The van der Waals surface area contributed by atoms with Crippen LogP contribution in [0.1, 0.15) is 11.7 Å². The molecule has 3 nitrogen and oxygen atoms in total. The van der Waals surface area contributed by atoms with Crippen molar-refractivity contribution in [1.82, 2.24) is 0 Å². The van der Waals surface area contributed by atoms with Crippen LogP contribution in [0.3, 0.4) is 0 Å². The molecule has 0 aliphatic carbocycles. The second kappa shape index (κ2) is 4.96. The van der Waals surface area contributed by atoms with Crippen LogP contribution in [0.2, 0.25) is 5.02 Å². The summed E-state index contributed by atoms with van der Waals surface area (Å²) in [5, 5.41) is 10.3. The molecule has 1 atom stereocenters. The van der Waals surface area contributed by atoms with E-state index in [0.717, 1.165) is 0 Å². The van der Waals surface area contributed by atoms with E-state index in [1.54, 1.807) is 24.3 Å². The van der Waals surface area contributed by atoms with Crippen LogP contribution < -0.4 is 0 Å². The molecule has 0 aliphatic heterocycles. The lowest BCUT2D eigenvalue weighted by molar-refractivity contribution is -0.137. The Kier molecular flexibility index (Phi) is 3.88. The van der Waals surface area contributed by atoms with Gasteiger partial charge >= 0.3 is 5.97 Å². The van der Waals surface area contributed by atoms with Gasteiger partial charge in [0.1, 0.15) is 6.10 Å². The molecule has 0 aliphatic rings. The Bertz CT molecular complexity index is 370. The van der Waals surface area contributed by atoms with Crippen LogP contribution in [0.15, 0.2) is 36.4 Å². The van der Waals surface area contributed by atoms with Crippen molar-refractivity contribution < 1.29 is 14.6 Å². The number of benzene rings is 1. The van der Waals surface area contributed by atoms with Crippen LogP contribution in [-0.4, -0.2) is 18.2 Å². The molecule has 0 bridgehead atoms. The fourth-order valence-electron chi connectivity index (χ4n) is 1.09. The molecule has 1 aromatic carbocycles. The lowest BCUT2D eigenvalue weighted by Crippen LogP contribution is -2.11. The van der Waals surface area contributed by atoms with Crippen molar-refractivity contribution in [2.75, 3.05) is 7.11 Å². The lowest BCUT2D eigenvalue weighted by atomic mass is 10.0. The van der Waals surface area contributed by atoms with Gasteiger partial charge in [0.05, 0.1) is 12.7 Å². The van der Waals surface area contributed by atoms with Gasteiger partial charge in [-0.25, -0.2) is 4.79 Å². The average molecular weight is 227 g/mol. The second-order valence-electron chi connectivity index (χ2n) is 2.97. The fraction of sp³-hybridized carbons (Fsp3) is 0.182. The van der Waals surface area contributed by atoms with E-state index in [-0.39, 0.29) is 5.57 Å². The summed E-state index contributed by atoms with van der Waals surface area (Å²) in [4.78, 5) is 11.1. The monoisotopic (exact) mass is 226 g/mol. The molecule has 4 heteroatoms. The van der Waals surface area contributed by atoms with Gasteiger partial charge < -0.3 is 9.84 Å². The zero-order valence-corrected chi connectivity index (χ0v) is 8.99. The maximum atomic E-state index is 11.1. The van der Waals surface area contributed by atoms with Crippen LogP contribution >= 0.6 is 11.6 Å².